The van der Waals surface area contributed by atoms with Gasteiger partial charge in [-0.05, 0) is 48.5 Å². The van der Waals surface area contributed by atoms with Crippen molar-refractivity contribution in [3.05, 3.63) is 59.2 Å². The van der Waals surface area contributed by atoms with E-state index in [-0.39, 0.29) is 12.5 Å². The smallest absolute Gasteiger partial charge is 0.258 e. The molecule has 0 fully saturated rings. The van der Waals surface area contributed by atoms with Crippen LogP contribution < -0.4 is 14.8 Å². The molecule has 6 heteroatoms. The number of halogens is 1. The van der Waals surface area contributed by atoms with Crippen LogP contribution in [0.25, 0.3) is 10.9 Å². The highest BCUT2D eigenvalue weighted by molar-refractivity contribution is 6.31. The van der Waals surface area contributed by atoms with Crippen molar-refractivity contribution < 1.29 is 14.3 Å². The Hall–Kier alpha value is -2.66. The molecule has 0 bridgehead atoms. The second-order valence-electron chi connectivity index (χ2n) is 5.64. The number of hydrogen-bond acceptors (Lipinski definition) is 3. The second-order valence-corrected chi connectivity index (χ2v) is 6.08. The lowest BCUT2D eigenvalue weighted by atomic mass is 10.2. The van der Waals surface area contributed by atoms with Gasteiger partial charge in [-0.25, -0.2) is 0 Å². The van der Waals surface area contributed by atoms with E-state index in [0.717, 1.165) is 22.3 Å². The van der Waals surface area contributed by atoms with Crippen LogP contribution in [0.5, 0.6) is 11.5 Å². The summed E-state index contributed by atoms with van der Waals surface area (Å²) in [7, 11) is 3.57. The van der Waals surface area contributed by atoms with Crippen LogP contribution in [0.1, 0.15) is 5.69 Å². The van der Waals surface area contributed by atoms with Gasteiger partial charge in [0.25, 0.3) is 5.91 Å². The molecule has 0 saturated carbocycles. The number of carbonyl (C=O) groups is 1. The Bertz CT molecular complexity index is 888. The zero-order valence-corrected chi connectivity index (χ0v) is 14.8. The molecule has 0 aliphatic rings. The van der Waals surface area contributed by atoms with E-state index in [1.165, 1.54) is 0 Å². The summed E-state index contributed by atoms with van der Waals surface area (Å²) in [6.07, 6.45) is 0. The van der Waals surface area contributed by atoms with Crippen molar-refractivity contribution in [1.29, 1.82) is 0 Å². The zero-order chi connectivity index (χ0) is 17.8. The monoisotopic (exact) mass is 358 g/mol. The molecule has 1 N–H and O–H groups in total. The van der Waals surface area contributed by atoms with E-state index in [4.69, 9.17) is 21.1 Å². The van der Waals surface area contributed by atoms with Crippen molar-refractivity contribution >= 4 is 28.4 Å². The largest absolute Gasteiger partial charge is 0.497 e. The van der Waals surface area contributed by atoms with Gasteiger partial charge in [-0.15, -0.1) is 0 Å². The predicted molar refractivity (Wildman–Crippen MR) is 98.3 cm³/mol. The molecule has 0 radical (unpaired) electrons. The van der Waals surface area contributed by atoms with Gasteiger partial charge in [-0.1, -0.05) is 11.6 Å². The van der Waals surface area contributed by atoms with E-state index in [9.17, 15) is 4.79 Å². The number of methoxy groups -OCH3 is 1. The summed E-state index contributed by atoms with van der Waals surface area (Å²) in [5.74, 6) is 1.18. The molecule has 130 valence electrons. The Labute approximate surface area is 151 Å². The molecule has 0 spiro atoms. The first-order valence-electron chi connectivity index (χ1n) is 7.84. The number of amides is 1. The molecule has 2 aromatic carbocycles. The number of hydrogen-bond donors (Lipinski definition) is 1. The Morgan fingerprint density at radius 1 is 1.12 bits per heavy atom. The van der Waals surface area contributed by atoms with Gasteiger partial charge in [-0.2, -0.15) is 0 Å². The molecule has 1 amide bonds. The average molecular weight is 359 g/mol. The van der Waals surface area contributed by atoms with E-state index >= 15 is 0 Å². The molecule has 3 aromatic rings. The Kier molecular flexibility index (Phi) is 5.14. The van der Waals surface area contributed by atoms with Crippen LogP contribution in [0.4, 0.5) is 0 Å². The van der Waals surface area contributed by atoms with Crippen molar-refractivity contribution in [3.8, 4) is 11.5 Å². The van der Waals surface area contributed by atoms with E-state index in [2.05, 4.69) is 5.32 Å². The minimum Gasteiger partial charge on any atom is -0.497 e. The SMILES string of the molecule is COc1ccc(OCC(=O)NCc2cc3cc(Cl)ccc3n2C)cc1. The fourth-order valence-corrected chi connectivity index (χ4v) is 2.79. The average Bonchev–Trinajstić information content (AvgIpc) is 2.93. The van der Waals surface area contributed by atoms with Gasteiger partial charge in [0, 0.05) is 28.7 Å². The number of ether oxygens (including phenoxy) is 2. The van der Waals surface area contributed by atoms with Gasteiger partial charge in [0.05, 0.1) is 13.7 Å². The van der Waals surface area contributed by atoms with Crippen LogP contribution >= 0.6 is 11.6 Å². The molecular weight excluding hydrogens is 340 g/mol. The number of fused-ring (bicyclic) bond motifs is 1. The fourth-order valence-electron chi connectivity index (χ4n) is 2.61. The number of nitrogens with one attached hydrogen (secondary N) is 1. The van der Waals surface area contributed by atoms with Crippen molar-refractivity contribution in [2.24, 2.45) is 7.05 Å². The van der Waals surface area contributed by atoms with Crippen LogP contribution in [0.15, 0.2) is 48.5 Å². The maximum atomic E-state index is 12.0. The van der Waals surface area contributed by atoms with E-state index in [1.807, 2.05) is 35.9 Å². The Morgan fingerprint density at radius 3 is 2.56 bits per heavy atom. The molecule has 5 nitrogen and oxygen atoms in total. The van der Waals surface area contributed by atoms with Crippen molar-refractivity contribution in [3.63, 3.8) is 0 Å². The van der Waals surface area contributed by atoms with Gasteiger partial charge < -0.3 is 19.4 Å². The molecule has 1 aromatic heterocycles. The van der Waals surface area contributed by atoms with Crippen LogP contribution in [0, 0.1) is 0 Å². The van der Waals surface area contributed by atoms with Crippen LogP contribution in [0.3, 0.4) is 0 Å². The lowest BCUT2D eigenvalue weighted by molar-refractivity contribution is -0.123. The molecule has 0 atom stereocenters. The first kappa shape index (κ1) is 17.2. The number of nitrogens with zero attached hydrogens (tertiary/aromatic N) is 1. The maximum Gasteiger partial charge on any atom is 0.258 e. The summed E-state index contributed by atoms with van der Waals surface area (Å²) >= 11 is 6.02. The summed E-state index contributed by atoms with van der Waals surface area (Å²) in [6.45, 7) is 0.385. The summed E-state index contributed by atoms with van der Waals surface area (Å²) in [6, 6.07) is 14.9. The number of rotatable bonds is 6. The molecular formula is C19H19ClN2O3. The first-order valence-corrected chi connectivity index (χ1v) is 8.22. The Morgan fingerprint density at radius 2 is 1.84 bits per heavy atom. The predicted octanol–water partition coefficient (Wildman–Crippen LogP) is 3.54. The van der Waals surface area contributed by atoms with E-state index in [1.54, 1.807) is 31.4 Å². The highest BCUT2D eigenvalue weighted by atomic mass is 35.5. The van der Waals surface area contributed by atoms with E-state index in [0.29, 0.717) is 17.3 Å². The van der Waals surface area contributed by atoms with E-state index < -0.39 is 0 Å². The summed E-state index contributed by atoms with van der Waals surface area (Å²) in [4.78, 5) is 12.0. The van der Waals surface area contributed by atoms with Crippen molar-refractivity contribution in [1.82, 2.24) is 9.88 Å². The van der Waals surface area contributed by atoms with Gasteiger partial charge in [0.2, 0.25) is 0 Å². The molecule has 0 aliphatic carbocycles. The number of aromatic nitrogens is 1. The van der Waals surface area contributed by atoms with Crippen molar-refractivity contribution in [2.45, 2.75) is 6.54 Å². The van der Waals surface area contributed by atoms with Crippen molar-refractivity contribution in [2.75, 3.05) is 13.7 Å². The summed E-state index contributed by atoms with van der Waals surface area (Å²) in [5, 5.41) is 4.61. The number of benzene rings is 2. The van der Waals surface area contributed by atoms with Gasteiger partial charge >= 0.3 is 0 Å². The highest BCUT2D eigenvalue weighted by Crippen LogP contribution is 2.22. The lowest BCUT2D eigenvalue weighted by Crippen LogP contribution is -2.29. The topological polar surface area (TPSA) is 52.5 Å². The second kappa shape index (κ2) is 7.49. The third-order valence-corrected chi connectivity index (χ3v) is 4.24. The minimum atomic E-state index is -0.181. The van der Waals surface area contributed by atoms with Crippen LogP contribution in [-0.4, -0.2) is 24.2 Å². The zero-order valence-electron chi connectivity index (χ0n) is 14.1. The molecule has 0 saturated heterocycles. The highest BCUT2D eigenvalue weighted by Gasteiger charge is 2.08. The molecule has 1 heterocycles. The maximum absolute atomic E-state index is 12.0. The number of aryl methyl sites for hydroxylation is 1. The minimum absolute atomic E-state index is 0.0396. The normalized spacial score (nSPS) is 10.7. The Balaban J connectivity index is 1.56. The number of carbonyl (C=O) groups excluding carboxylic acids is 1. The molecule has 0 unspecified atom stereocenters. The van der Waals surface area contributed by atoms with Gasteiger partial charge in [0.15, 0.2) is 6.61 Å². The lowest BCUT2D eigenvalue weighted by Gasteiger charge is -2.09. The van der Waals surface area contributed by atoms with Crippen LogP contribution in [-0.2, 0) is 18.4 Å². The quantitative estimate of drug-likeness (QED) is 0.733. The fraction of sp³-hybridized carbons (Fsp3) is 0.211. The van der Waals surface area contributed by atoms with Gasteiger partial charge in [0.1, 0.15) is 11.5 Å². The molecule has 3 rings (SSSR count). The van der Waals surface area contributed by atoms with Gasteiger partial charge in [-0.3, -0.25) is 4.79 Å². The third-order valence-electron chi connectivity index (χ3n) is 4.00. The summed E-state index contributed by atoms with van der Waals surface area (Å²) in [5.41, 5.74) is 2.07. The van der Waals surface area contributed by atoms with Crippen LogP contribution in [0.2, 0.25) is 5.02 Å². The first-order chi connectivity index (χ1) is 12.1. The summed E-state index contributed by atoms with van der Waals surface area (Å²) < 4.78 is 12.6. The molecule has 25 heavy (non-hydrogen) atoms. The standard InChI is InChI=1S/C19H19ClN2O3/c1-22-15(10-13-9-14(20)3-8-18(13)22)11-21-19(23)12-25-17-6-4-16(24-2)5-7-17/h3-10H,11-12H2,1-2H3,(H,21,23). The third kappa shape index (κ3) is 4.06. The molecule has 0 aliphatic heterocycles.